The fourth-order valence-corrected chi connectivity index (χ4v) is 2.94. The molecule has 1 fully saturated rings. The van der Waals surface area contributed by atoms with Crippen LogP contribution in [0.5, 0.6) is 0 Å². The van der Waals surface area contributed by atoms with E-state index >= 15 is 0 Å². The van der Waals surface area contributed by atoms with E-state index in [0.717, 1.165) is 55.4 Å². The molecule has 0 unspecified atom stereocenters. The van der Waals surface area contributed by atoms with E-state index in [-0.39, 0.29) is 0 Å². The summed E-state index contributed by atoms with van der Waals surface area (Å²) in [7, 11) is 0. The monoisotopic (exact) mass is 296 g/mol. The Labute approximate surface area is 132 Å². The normalized spacial score (nSPS) is 16.0. The zero-order valence-electron chi connectivity index (χ0n) is 13.4. The maximum atomic E-state index is 5.78. The second kappa shape index (κ2) is 6.44. The first-order valence-corrected chi connectivity index (χ1v) is 8.03. The van der Waals surface area contributed by atoms with Crippen LogP contribution in [0.25, 0.3) is 11.4 Å². The summed E-state index contributed by atoms with van der Waals surface area (Å²) in [5, 5.41) is 0. The minimum atomic E-state index is 0.663. The highest BCUT2D eigenvalue weighted by Gasteiger charge is 2.20. The average Bonchev–Trinajstić information content (AvgIpc) is 2.55. The van der Waals surface area contributed by atoms with Gasteiger partial charge < -0.3 is 10.6 Å². The van der Waals surface area contributed by atoms with Crippen LogP contribution in [0.15, 0.2) is 30.3 Å². The Morgan fingerprint density at radius 3 is 2.41 bits per heavy atom. The van der Waals surface area contributed by atoms with Crippen LogP contribution >= 0.6 is 0 Å². The molecule has 1 aromatic carbocycles. The van der Waals surface area contributed by atoms with Crippen LogP contribution in [0.3, 0.4) is 0 Å². The molecule has 0 amide bonds. The number of aryl methyl sites for hydroxylation is 2. The molecule has 116 valence electrons. The summed E-state index contributed by atoms with van der Waals surface area (Å²) in [6, 6.07) is 10.5. The van der Waals surface area contributed by atoms with Crippen molar-refractivity contribution < 1.29 is 0 Å². The molecule has 0 saturated carbocycles. The maximum Gasteiger partial charge on any atom is 0.161 e. The van der Waals surface area contributed by atoms with Crippen LogP contribution < -0.4 is 10.6 Å². The molecule has 2 aromatic rings. The molecule has 1 aliphatic heterocycles. The molecule has 1 aromatic heterocycles. The topological polar surface area (TPSA) is 55.0 Å². The fourth-order valence-electron chi connectivity index (χ4n) is 2.94. The number of rotatable bonds is 3. The fraction of sp³-hybridized carbons (Fsp3) is 0.444. The predicted molar refractivity (Wildman–Crippen MR) is 90.9 cm³/mol. The Morgan fingerprint density at radius 2 is 1.77 bits per heavy atom. The van der Waals surface area contributed by atoms with Gasteiger partial charge in [-0.25, -0.2) is 9.97 Å². The lowest BCUT2D eigenvalue weighted by molar-refractivity contribution is 0.413. The SMILES string of the molecule is Cc1ccc(-c2nc(C)cc(N3CCC(CN)CC3)n2)cc1. The quantitative estimate of drug-likeness (QED) is 0.946. The summed E-state index contributed by atoms with van der Waals surface area (Å²) in [5.41, 5.74) is 9.12. The summed E-state index contributed by atoms with van der Waals surface area (Å²) in [4.78, 5) is 11.8. The molecular formula is C18H24N4. The lowest BCUT2D eigenvalue weighted by atomic mass is 9.97. The van der Waals surface area contributed by atoms with Gasteiger partial charge in [0.05, 0.1) is 0 Å². The number of anilines is 1. The van der Waals surface area contributed by atoms with Crippen molar-refractivity contribution in [2.45, 2.75) is 26.7 Å². The highest BCUT2D eigenvalue weighted by atomic mass is 15.2. The van der Waals surface area contributed by atoms with Gasteiger partial charge in [-0.3, -0.25) is 0 Å². The molecule has 0 atom stereocenters. The lowest BCUT2D eigenvalue weighted by Crippen LogP contribution is -2.36. The lowest BCUT2D eigenvalue weighted by Gasteiger charge is -2.32. The van der Waals surface area contributed by atoms with Gasteiger partial charge >= 0.3 is 0 Å². The molecule has 1 saturated heterocycles. The third kappa shape index (κ3) is 3.28. The van der Waals surface area contributed by atoms with E-state index < -0.39 is 0 Å². The molecule has 4 heteroatoms. The third-order valence-electron chi connectivity index (χ3n) is 4.42. The van der Waals surface area contributed by atoms with Crippen molar-refractivity contribution in [3.8, 4) is 11.4 Å². The molecule has 0 bridgehead atoms. The Hall–Kier alpha value is -1.94. The van der Waals surface area contributed by atoms with E-state index in [1.807, 2.05) is 6.92 Å². The second-order valence-electron chi connectivity index (χ2n) is 6.22. The van der Waals surface area contributed by atoms with E-state index in [0.29, 0.717) is 5.92 Å². The molecule has 1 aliphatic rings. The van der Waals surface area contributed by atoms with Gasteiger partial charge in [-0.15, -0.1) is 0 Å². The number of hydrogen-bond donors (Lipinski definition) is 1. The van der Waals surface area contributed by atoms with Crippen molar-refractivity contribution in [3.63, 3.8) is 0 Å². The second-order valence-corrected chi connectivity index (χ2v) is 6.22. The van der Waals surface area contributed by atoms with Crippen LogP contribution in [0.2, 0.25) is 0 Å². The molecule has 3 rings (SSSR count). The zero-order chi connectivity index (χ0) is 15.5. The van der Waals surface area contributed by atoms with Gasteiger partial charge in [0, 0.05) is 30.4 Å². The van der Waals surface area contributed by atoms with Crippen molar-refractivity contribution in [2.75, 3.05) is 24.5 Å². The van der Waals surface area contributed by atoms with Crippen LogP contribution in [0, 0.1) is 19.8 Å². The van der Waals surface area contributed by atoms with Gasteiger partial charge in [0.25, 0.3) is 0 Å². The molecule has 0 radical (unpaired) electrons. The van der Waals surface area contributed by atoms with Crippen molar-refractivity contribution >= 4 is 5.82 Å². The largest absolute Gasteiger partial charge is 0.356 e. The van der Waals surface area contributed by atoms with E-state index in [1.165, 1.54) is 5.56 Å². The third-order valence-corrected chi connectivity index (χ3v) is 4.42. The van der Waals surface area contributed by atoms with Crippen molar-refractivity contribution in [3.05, 3.63) is 41.6 Å². The first kappa shape index (κ1) is 15.0. The number of nitrogens with two attached hydrogens (primary N) is 1. The van der Waals surface area contributed by atoms with Gasteiger partial charge in [0.2, 0.25) is 0 Å². The van der Waals surface area contributed by atoms with Gasteiger partial charge in [-0.05, 0) is 39.2 Å². The van der Waals surface area contributed by atoms with Crippen LogP contribution in [-0.4, -0.2) is 29.6 Å². The molecule has 0 aliphatic carbocycles. The van der Waals surface area contributed by atoms with Crippen molar-refractivity contribution in [1.82, 2.24) is 9.97 Å². The summed E-state index contributed by atoms with van der Waals surface area (Å²) < 4.78 is 0. The number of benzene rings is 1. The van der Waals surface area contributed by atoms with Crippen LogP contribution in [0.1, 0.15) is 24.1 Å². The molecule has 0 spiro atoms. The molecule has 4 nitrogen and oxygen atoms in total. The smallest absolute Gasteiger partial charge is 0.161 e. The number of hydrogen-bond acceptors (Lipinski definition) is 4. The first-order valence-electron chi connectivity index (χ1n) is 8.03. The van der Waals surface area contributed by atoms with E-state index in [4.69, 9.17) is 10.7 Å². The zero-order valence-corrected chi connectivity index (χ0v) is 13.4. The summed E-state index contributed by atoms with van der Waals surface area (Å²) in [6.45, 7) is 6.99. The summed E-state index contributed by atoms with van der Waals surface area (Å²) >= 11 is 0. The molecule has 2 heterocycles. The Bertz CT molecular complexity index is 628. The minimum Gasteiger partial charge on any atom is -0.356 e. The number of piperidine rings is 1. The first-order chi connectivity index (χ1) is 10.7. The van der Waals surface area contributed by atoms with E-state index in [9.17, 15) is 0 Å². The van der Waals surface area contributed by atoms with Gasteiger partial charge in [-0.2, -0.15) is 0 Å². The summed E-state index contributed by atoms with van der Waals surface area (Å²) in [5.74, 6) is 2.52. The molecule has 2 N–H and O–H groups in total. The highest BCUT2D eigenvalue weighted by Crippen LogP contribution is 2.24. The standard InChI is InChI=1S/C18H24N4/c1-13-3-5-16(6-4-13)18-20-14(2)11-17(21-18)22-9-7-15(12-19)8-10-22/h3-6,11,15H,7-10,12,19H2,1-2H3. The van der Waals surface area contributed by atoms with Gasteiger partial charge in [0.15, 0.2) is 5.82 Å². The number of nitrogens with zero attached hydrogens (tertiary/aromatic N) is 3. The predicted octanol–water partition coefficient (Wildman–Crippen LogP) is 2.94. The molecule has 22 heavy (non-hydrogen) atoms. The minimum absolute atomic E-state index is 0.663. The van der Waals surface area contributed by atoms with Gasteiger partial charge in [0.1, 0.15) is 5.82 Å². The van der Waals surface area contributed by atoms with Crippen molar-refractivity contribution in [1.29, 1.82) is 0 Å². The maximum absolute atomic E-state index is 5.78. The van der Waals surface area contributed by atoms with Crippen LogP contribution in [0.4, 0.5) is 5.82 Å². The highest BCUT2D eigenvalue weighted by molar-refractivity contribution is 5.58. The Morgan fingerprint density at radius 1 is 1.09 bits per heavy atom. The van der Waals surface area contributed by atoms with Crippen LogP contribution in [-0.2, 0) is 0 Å². The Kier molecular flexibility index (Phi) is 4.39. The summed E-state index contributed by atoms with van der Waals surface area (Å²) in [6.07, 6.45) is 2.30. The Balaban J connectivity index is 1.85. The molecular weight excluding hydrogens is 272 g/mol. The van der Waals surface area contributed by atoms with E-state index in [1.54, 1.807) is 0 Å². The van der Waals surface area contributed by atoms with E-state index in [2.05, 4.69) is 47.1 Å². The number of aromatic nitrogens is 2. The average molecular weight is 296 g/mol. The van der Waals surface area contributed by atoms with Crippen molar-refractivity contribution in [2.24, 2.45) is 11.7 Å². The van der Waals surface area contributed by atoms with Gasteiger partial charge in [-0.1, -0.05) is 29.8 Å².